The SMILES string of the molecule is CC1CCCN(S(=O)(=O)C2CCCOC2)C1CN. The van der Waals surface area contributed by atoms with E-state index < -0.39 is 10.0 Å². The minimum absolute atomic E-state index is 0.0364. The van der Waals surface area contributed by atoms with Crippen LogP contribution in [0.4, 0.5) is 0 Å². The van der Waals surface area contributed by atoms with Crippen LogP contribution in [0.3, 0.4) is 0 Å². The molecule has 6 heteroatoms. The lowest BCUT2D eigenvalue weighted by molar-refractivity contribution is 0.0949. The quantitative estimate of drug-likeness (QED) is 0.817. The van der Waals surface area contributed by atoms with Crippen LogP contribution in [-0.4, -0.2) is 50.3 Å². The molecule has 0 amide bonds. The maximum atomic E-state index is 12.6. The molecule has 0 aromatic carbocycles. The number of hydrogen-bond acceptors (Lipinski definition) is 4. The topological polar surface area (TPSA) is 72.6 Å². The van der Waals surface area contributed by atoms with Crippen LogP contribution in [0.5, 0.6) is 0 Å². The highest BCUT2D eigenvalue weighted by molar-refractivity contribution is 7.89. The van der Waals surface area contributed by atoms with Gasteiger partial charge in [0.25, 0.3) is 0 Å². The highest BCUT2D eigenvalue weighted by Crippen LogP contribution is 2.29. The molecule has 2 N–H and O–H groups in total. The summed E-state index contributed by atoms with van der Waals surface area (Å²) in [7, 11) is -3.25. The Morgan fingerprint density at radius 3 is 2.72 bits per heavy atom. The first-order valence-electron chi connectivity index (χ1n) is 6.86. The zero-order valence-electron chi connectivity index (χ0n) is 11.0. The summed E-state index contributed by atoms with van der Waals surface area (Å²) in [6, 6.07) is -0.0364. The molecule has 3 atom stereocenters. The van der Waals surface area contributed by atoms with Gasteiger partial charge in [-0.3, -0.25) is 0 Å². The summed E-state index contributed by atoms with van der Waals surface area (Å²) in [5, 5.41) is -0.370. The van der Waals surface area contributed by atoms with E-state index in [1.54, 1.807) is 4.31 Å². The zero-order chi connectivity index (χ0) is 13.2. The summed E-state index contributed by atoms with van der Waals surface area (Å²) in [4.78, 5) is 0. The molecule has 106 valence electrons. The first-order chi connectivity index (χ1) is 8.57. The van der Waals surface area contributed by atoms with Crippen molar-refractivity contribution >= 4 is 10.0 Å². The first-order valence-corrected chi connectivity index (χ1v) is 8.36. The second-order valence-corrected chi connectivity index (χ2v) is 7.58. The summed E-state index contributed by atoms with van der Waals surface area (Å²) < 4.78 is 32.3. The number of nitrogens with zero attached hydrogens (tertiary/aromatic N) is 1. The molecule has 2 aliphatic heterocycles. The minimum atomic E-state index is -3.25. The standard InChI is InChI=1S/C12H24N2O3S/c1-10-4-2-6-14(12(10)8-13)18(15,16)11-5-3-7-17-9-11/h10-12H,2-9,13H2,1H3. The van der Waals surface area contributed by atoms with Crippen molar-refractivity contribution in [1.29, 1.82) is 0 Å². The van der Waals surface area contributed by atoms with Crippen molar-refractivity contribution in [2.45, 2.75) is 43.9 Å². The predicted octanol–water partition coefficient (Wildman–Crippen LogP) is 0.554. The number of piperidine rings is 1. The van der Waals surface area contributed by atoms with Crippen molar-refractivity contribution in [3.8, 4) is 0 Å². The Morgan fingerprint density at radius 1 is 1.33 bits per heavy atom. The van der Waals surface area contributed by atoms with Crippen LogP contribution in [0.1, 0.15) is 32.6 Å². The van der Waals surface area contributed by atoms with Crippen LogP contribution >= 0.6 is 0 Å². The van der Waals surface area contributed by atoms with E-state index in [1.165, 1.54) is 0 Å². The number of hydrogen-bond donors (Lipinski definition) is 1. The third-order valence-electron chi connectivity index (χ3n) is 4.17. The number of nitrogens with two attached hydrogens (primary N) is 1. The van der Waals surface area contributed by atoms with Gasteiger partial charge in [-0.15, -0.1) is 0 Å². The maximum Gasteiger partial charge on any atom is 0.219 e. The van der Waals surface area contributed by atoms with Gasteiger partial charge in [-0.1, -0.05) is 6.92 Å². The van der Waals surface area contributed by atoms with E-state index >= 15 is 0 Å². The third-order valence-corrected chi connectivity index (χ3v) is 6.49. The lowest BCUT2D eigenvalue weighted by Gasteiger charge is -2.40. The number of sulfonamides is 1. The summed E-state index contributed by atoms with van der Waals surface area (Å²) in [6.07, 6.45) is 3.55. The normalized spacial score (nSPS) is 35.6. The number of rotatable bonds is 3. The Hall–Kier alpha value is -0.170. The molecule has 18 heavy (non-hydrogen) atoms. The first kappa shape index (κ1) is 14.2. The van der Waals surface area contributed by atoms with Crippen LogP contribution in [0.15, 0.2) is 0 Å². The monoisotopic (exact) mass is 276 g/mol. The van der Waals surface area contributed by atoms with Crippen molar-refractivity contribution in [2.24, 2.45) is 11.7 Å². The zero-order valence-corrected chi connectivity index (χ0v) is 11.9. The van der Waals surface area contributed by atoms with E-state index in [9.17, 15) is 8.42 Å². The van der Waals surface area contributed by atoms with Crippen molar-refractivity contribution in [1.82, 2.24) is 4.31 Å². The van der Waals surface area contributed by atoms with Crippen molar-refractivity contribution in [2.75, 3.05) is 26.3 Å². The van der Waals surface area contributed by atoms with Gasteiger partial charge in [-0.05, 0) is 31.6 Å². The van der Waals surface area contributed by atoms with Crippen LogP contribution in [-0.2, 0) is 14.8 Å². The summed E-state index contributed by atoms with van der Waals surface area (Å²) in [5.41, 5.74) is 5.77. The van der Waals surface area contributed by atoms with Crippen molar-refractivity contribution in [3.05, 3.63) is 0 Å². The van der Waals surface area contributed by atoms with Gasteiger partial charge in [0.1, 0.15) is 0 Å². The van der Waals surface area contributed by atoms with Gasteiger partial charge in [0.2, 0.25) is 10.0 Å². The fraction of sp³-hybridized carbons (Fsp3) is 1.00. The van der Waals surface area contributed by atoms with Crippen LogP contribution in [0.25, 0.3) is 0 Å². The van der Waals surface area contributed by atoms with Crippen molar-refractivity contribution < 1.29 is 13.2 Å². The smallest absolute Gasteiger partial charge is 0.219 e. The van der Waals surface area contributed by atoms with E-state index in [1.807, 2.05) is 0 Å². The molecule has 0 bridgehead atoms. The molecule has 0 aromatic heterocycles. The summed E-state index contributed by atoms with van der Waals surface area (Å²) in [6.45, 7) is 4.14. The second-order valence-electron chi connectivity index (χ2n) is 5.42. The molecule has 0 spiro atoms. The van der Waals surface area contributed by atoms with Gasteiger partial charge in [-0.25, -0.2) is 8.42 Å². The van der Waals surface area contributed by atoms with Gasteiger partial charge in [-0.2, -0.15) is 4.31 Å². The highest BCUT2D eigenvalue weighted by atomic mass is 32.2. The van der Waals surface area contributed by atoms with Gasteiger partial charge in [0.15, 0.2) is 0 Å². The maximum absolute atomic E-state index is 12.6. The highest BCUT2D eigenvalue weighted by Gasteiger charge is 2.40. The minimum Gasteiger partial charge on any atom is -0.380 e. The Balaban J connectivity index is 2.16. The van der Waals surface area contributed by atoms with E-state index in [-0.39, 0.29) is 11.3 Å². The van der Waals surface area contributed by atoms with E-state index in [4.69, 9.17) is 10.5 Å². The fourth-order valence-electron chi connectivity index (χ4n) is 3.01. The van der Waals surface area contributed by atoms with Gasteiger partial charge < -0.3 is 10.5 Å². The molecule has 2 heterocycles. The molecule has 3 unspecified atom stereocenters. The second kappa shape index (κ2) is 5.86. The van der Waals surface area contributed by atoms with Crippen LogP contribution < -0.4 is 5.73 Å². The van der Waals surface area contributed by atoms with Gasteiger partial charge >= 0.3 is 0 Å². The molecule has 2 saturated heterocycles. The molecule has 0 aromatic rings. The average Bonchev–Trinajstić information content (AvgIpc) is 2.39. The molecular formula is C12H24N2O3S. The Kier molecular flexibility index (Phi) is 4.64. The molecule has 2 rings (SSSR count). The number of ether oxygens (including phenoxy) is 1. The molecule has 2 aliphatic rings. The molecule has 0 aliphatic carbocycles. The summed E-state index contributed by atoms with van der Waals surface area (Å²) >= 11 is 0. The fourth-order valence-corrected chi connectivity index (χ4v) is 5.19. The molecule has 0 radical (unpaired) electrons. The Bertz CT molecular complexity index is 366. The molecule has 5 nitrogen and oxygen atoms in total. The van der Waals surface area contributed by atoms with E-state index in [2.05, 4.69) is 6.92 Å². The van der Waals surface area contributed by atoms with Crippen LogP contribution in [0.2, 0.25) is 0 Å². The average molecular weight is 276 g/mol. The van der Waals surface area contributed by atoms with E-state index in [0.717, 1.165) is 19.3 Å². The van der Waals surface area contributed by atoms with E-state index in [0.29, 0.717) is 38.6 Å². The largest absolute Gasteiger partial charge is 0.380 e. The van der Waals surface area contributed by atoms with Gasteiger partial charge in [0, 0.05) is 25.7 Å². The lowest BCUT2D eigenvalue weighted by Crippen LogP contribution is -2.54. The third kappa shape index (κ3) is 2.71. The molecule has 0 saturated carbocycles. The lowest BCUT2D eigenvalue weighted by atomic mass is 9.93. The Morgan fingerprint density at radius 2 is 2.11 bits per heavy atom. The Labute approximate surface area is 110 Å². The predicted molar refractivity (Wildman–Crippen MR) is 70.7 cm³/mol. The van der Waals surface area contributed by atoms with Gasteiger partial charge in [0.05, 0.1) is 11.9 Å². The summed E-state index contributed by atoms with van der Waals surface area (Å²) in [5.74, 6) is 0.350. The molecular weight excluding hydrogens is 252 g/mol. The van der Waals surface area contributed by atoms with Crippen molar-refractivity contribution in [3.63, 3.8) is 0 Å². The molecule has 2 fully saturated rings. The van der Waals surface area contributed by atoms with Crippen LogP contribution in [0, 0.1) is 5.92 Å².